The minimum atomic E-state index is -4.89. The van der Waals surface area contributed by atoms with Crippen molar-refractivity contribution in [1.82, 2.24) is 4.57 Å². The van der Waals surface area contributed by atoms with Crippen molar-refractivity contribution >= 4 is 22.5 Å². The van der Waals surface area contributed by atoms with Crippen LogP contribution in [0.5, 0.6) is 5.75 Å². The van der Waals surface area contributed by atoms with Gasteiger partial charge < -0.3 is 20.4 Å². The average Bonchev–Trinajstić information content (AvgIpc) is 3.27. The molecule has 2 aliphatic rings. The Balaban J connectivity index is 1.70. The van der Waals surface area contributed by atoms with Crippen LogP contribution in [-0.4, -0.2) is 22.9 Å². The highest BCUT2D eigenvalue weighted by atomic mass is 19.4. The Bertz CT molecular complexity index is 1300. The Morgan fingerprint density at radius 3 is 2.44 bits per heavy atom. The molecule has 2 aromatic carbocycles. The van der Waals surface area contributed by atoms with Gasteiger partial charge >= 0.3 is 6.36 Å². The number of aromatic nitrogens is 1. The lowest BCUT2D eigenvalue weighted by molar-refractivity contribution is -0.274. The van der Waals surface area contributed by atoms with Gasteiger partial charge in [-0.3, -0.25) is 4.79 Å². The van der Waals surface area contributed by atoms with E-state index in [9.17, 15) is 18.0 Å². The van der Waals surface area contributed by atoms with Crippen LogP contribution in [0.4, 0.5) is 18.9 Å². The molecule has 2 saturated carbocycles. The number of ether oxygens (including phenoxy) is 1. The van der Waals surface area contributed by atoms with E-state index in [1.807, 2.05) is 30.5 Å². The minimum Gasteiger partial charge on any atom is -0.405 e. The first-order valence-electron chi connectivity index (χ1n) is 14.3. The van der Waals surface area contributed by atoms with E-state index >= 15 is 0 Å². The lowest BCUT2D eigenvalue weighted by Crippen LogP contribution is -2.26. The van der Waals surface area contributed by atoms with Gasteiger partial charge in [0.25, 0.3) is 0 Å². The van der Waals surface area contributed by atoms with Crippen LogP contribution in [0, 0.1) is 5.92 Å². The number of nitrogens with two attached hydrogens (primary N) is 1. The number of hydrogen-bond acceptors (Lipinski definition) is 3. The van der Waals surface area contributed by atoms with Gasteiger partial charge in [-0.2, -0.15) is 0 Å². The Labute approximate surface area is 227 Å². The van der Waals surface area contributed by atoms with Gasteiger partial charge in [0, 0.05) is 41.7 Å². The summed E-state index contributed by atoms with van der Waals surface area (Å²) >= 11 is 0. The van der Waals surface area contributed by atoms with Crippen LogP contribution in [0.15, 0.2) is 42.6 Å². The lowest BCUT2D eigenvalue weighted by atomic mass is 9.80. The Kier molecular flexibility index (Phi) is 8.21. The maximum atomic E-state index is 14.0. The molecule has 0 saturated heterocycles. The molecule has 8 heteroatoms. The number of amides is 1. The molecule has 3 aromatic rings. The third-order valence-electron chi connectivity index (χ3n) is 8.45. The van der Waals surface area contributed by atoms with E-state index in [1.54, 1.807) is 19.1 Å². The second kappa shape index (κ2) is 11.6. The van der Waals surface area contributed by atoms with Gasteiger partial charge in [0.2, 0.25) is 5.91 Å². The zero-order valence-electron chi connectivity index (χ0n) is 22.5. The molecule has 5 rings (SSSR count). The van der Waals surface area contributed by atoms with Crippen LogP contribution in [0.2, 0.25) is 0 Å². The van der Waals surface area contributed by atoms with Gasteiger partial charge in [0.05, 0.1) is 11.3 Å². The van der Waals surface area contributed by atoms with Crippen molar-refractivity contribution < 1.29 is 22.7 Å². The monoisotopic (exact) mass is 541 g/mol. The first-order chi connectivity index (χ1) is 18.7. The van der Waals surface area contributed by atoms with Gasteiger partial charge in [-0.25, -0.2) is 0 Å². The molecule has 2 fully saturated rings. The smallest absolute Gasteiger partial charge is 0.405 e. The molecule has 39 heavy (non-hydrogen) atoms. The molecule has 0 radical (unpaired) electrons. The van der Waals surface area contributed by atoms with Crippen LogP contribution in [0.25, 0.3) is 22.0 Å². The summed E-state index contributed by atoms with van der Waals surface area (Å²) in [6.45, 7) is 2.53. The molecule has 1 amide bonds. The van der Waals surface area contributed by atoms with Gasteiger partial charge in [-0.1, -0.05) is 50.5 Å². The molecule has 210 valence electrons. The summed E-state index contributed by atoms with van der Waals surface area (Å²) in [5.74, 6) is -0.0493. The van der Waals surface area contributed by atoms with Crippen LogP contribution in [0.3, 0.4) is 0 Å². The van der Waals surface area contributed by atoms with E-state index in [-0.39, 0.29) is 30.0 Å². The van der Waals surface area contributed by atoms with E-state index in [4.69, 9.17) is 10.5 Å². The van der Waals surface area contributed by atoms with Gasteiger partial charge in [-0.15, -0.1) is 13.2 Å². The van der Waals surface area contributed by atoms with E-state index in [0.29, 0.717) is 41.1 Å². The summed E-state index contributed by atoms with van der Waals surface area (Å²) in [6, 6.07) is 11.3. The number of para-hydroxylation sites is 1. The molecule has 2 aliphatic carbocycles. The fourth-order valence-corrected chi connectivity index (χ4v) is 6.43. The molecule has 5 nitrogen and oxygen atoms in total. The second-order valence-electron chi connectivity index (χ2n) is 11.2. The van der Waals surface area contributed by atoms with Crippen LogP contribution in [0.1, 0.15) is 82.6 Å². The number of rotatable bonds is 7. The van der Waals surface area contributed by atoms with Gasteiger partial charge in [-0.05, 0) is 68.1 Å². The molecule has 3 N–H and O–H groups in total. The quantitative estimate of drug-likeness (QED) is 0.317. The molecule has 0 unspecified atom stereocenters. The highest BCUT2D eigenvalue weighted by molar-refractivity contribution is 6.04. The number of benzene rings is 2. The predicted octanol–water partition coefficient (Wildman–Crippen LogP) is 8.12. The highest BCUT2D eigenvalue weighted by Gasteiger charge is 2.37. The molecule has 0 aliphatic heterocycles. The first kappa shape index (κ1) is 27.6. The zero-order chi connectivity index (χ0) is 27.6. The number of carbonyl (C=O) groups excluding carboxylic acids is 1. The van der Waals surface area contributed by atoms with E-state index in [1.165, 1.54) is 19.3 Å². The summed E-state index contributed by atoms with van der Waals surface area (Å²) in [4.78, 5) is 12.5. The van der Waals surface area contributed by atoms with E-state index in [0.717, 1.165) is 43.1 Å². The lowest BCUT2D eigenvalue weighted by Gasteiger charge is -2.29. The normalized spacial score (nSPS) is 20.7. The second-order valence-corrected chi connectivity index (χ2v) is 11.2. The van der Waals surface area contributed by atoms with Gasteiger partial charge in [0.1, 0.15) is 5.75 Å². The summed E-state index contributed by atoms with van der Waals surface area (Å²) < 4.78 is 49.0. The molecule has 0 bridgehead atoms. The van der Waals surface area contributed by atoms with Crippen molar-refractivity contribution in [3.8, 4) is 16.9 Å². The highest BCUT2D eigenvalue weighted by Crippen LogP contribution is 2.49. The van der Waals surface area contributed by atoms with Crippen LogP contribution >= 0.6 is 0 Å². The maximum Gasteiger partial charge on any atom is 0.573 e. The number of anilines is 1. The average molecular weight is 542 g/mol. The summed E-state index contributed by atoms with van der Waals surface area (Å²) in [5.41, 5.74) is 8.87. The molecule has 0 atom stereocenters. The zero-order valence-corrected chi connectivity index (χ0v) is 22.5. The number of carbonyl (C=O) groups is 1. The van der Waals surface area contributed by atoms with Crippen LogP contribution < -0.4 is 15.8 Å². The minimum absolute atomic E-state index is 0.0635. The fraction of sp³-hybridized carbons (Fsp3) is 0.516. The molecule has 1 heterocycles. The number of hydrogen-bond donors (Lipinski definition) is 2. The first-order valence-corrected chi connectivity index (χ1v) is 14.3. The number of nitrogens with zero attached hydrogens (tertiary/aromatic N) is 1. The third kappa shape index (κ3) is 6.26. The van der Waals surface area contributed by atoms with Crippen molar-refractivity contribution in [2.75, 3.05) is 5.32 Å². The predicted molar refractivity (Wildman–Crippen MR) is 149 cm³/mol. The number of alkyl halides is 3. The SMILES string of the molecule is CCC(=O)Nc1ccc(C2CCC(N)CC2)c(OC(F)(F)F)c1-c1cn(CC2CCCCC2)c2ccccc12. The number of fused-ring (bicyclic) bond motifs is 1. The fourth-order valence-electron chi connectivity index (χ4n) is 6.43. The molecular weight excluding hydrogens is 503 g/mol. The van der Waals surface area contributed by atoms with Crippen molar-refractivity contribution in [3.63, 3.8) is 0 Å². The van der Waals surface area contributed by atoms with E-state index in [2.05, 4.69) is 9.88 Å². The largest absolute Gasteiger partial charge is 0.573 e. The topological polar surface area (TPSA) is 69.3 Å². The van der Waals surface area contributed by atoms with Crippen molar-refractivity contribution in [1.29, 1.82) is 0 Å². The molecular formula is C31H38F3N3O2. The Morgan fingerprint density at radius 1 is 1.03 bits per heavy atom. The molecule has 0 spiro atoms. The standard InChI is InChI=1S/C31H38F3N3O2/c1-2-28(38)36-26-17-16-23(21-12-14-22(35)15-13-21)30(39-31(32,33)34)29(26)25-19-37(18-20-8-4-3-5-9-20)27-11-7-6-10-24(25)27/h6-7,10-11,16-17,19-22H,2-5,8-9,12-15,18,35H2,1H3,(H,36,38). The molecule has 1 aromatic heterocycles. The van der Waals surface area contributed by atoms with Crippen molar-refractivity contribution in [2.24, 2.45) is 11.7 Å². The van der Waals surface area contributed by atoms with Crippen molar-refractivity contribution in [3.05, 3.63) is 48.2 Å². The van der Waals surface area contributed by atoms with Crippen molar-refractivity contribution in [2.45, 2.75) is 96.0 Å². The summed E-state index contributed by atoms with van der Waals surface area (Å²) in [7, 11) is 0. The number of nitrogens with one attached hydrogen (secondary N) is 1. The van der Waals surface area contributed by atoms with E-state index < -0.39 is 6.36 Å². The van der Waals surface area contributed by atoms with Crippen LogP contribution in [-0.2, 0) is 11.3 Å². The number of halogens is 3. The third-order valence-corrected chi connectivity index (χ3v) is 8.45. The summed E-state index contributed by atoms with van der Waals surface area (Å²) in [6.07, 6.45) is 6.15. The maximum absolute atomic E-state index is 14.0. The Hall–Kier alpha value is -3.00. The Morgan fingerprint density at radius 2 is 1.74 bits per heavy atom. The van der Waals surface area contributed by atoms with Gasteiger partial charge in [0.15, 0.2) is 0 Å². The summed E-state index contributed by atoms with van der Waals surface area (Å²) in [5, 5.41) is 3.70.